The van der Waals surface area contributed by atoms with Gasteiger partial charge < -0.3 is 16.0 Å². The van der Waals surface area contributed by atoms with E-state index in [-0.39, 0.29) is 22.1 Å². The van der Waals surface area contributed by atoms with Gasteiger partial charge in [-0.1, -0.05) is 84.4 Å². The molecule has 0 radical (unpaired) electrons. The zero-order valence-electron chi connectivity index (χ0n) is 29.1. The van der Waals surface area contributed by atoms with E-state index in [1.807, 2.05) is 62.4 Å². The zero-order chi connectivity index (χ0) is 36.7. The Bertz CT molecular complexity index is 2200. The molecule has 5 aromatic rings. The summed E-state index contributed by atoms with van der Waals surface area (Å²) in [5.41, 5.74) is 12.0. The minimum atomic E-state index is -4.34. The van der Waals surface area contributed by atoms with Crippen LogP contribution in [0.2, 0.25) is 0 Å². The highest BCUT2D eigenvalue weighted by Gasteiger charge is 2.26. The van der Waals surface area contributed by atoms with Crippen LogP contribution in [0.25, 0.3) is 17.2 Å². The first-order chi connectivity index (χ1) is 25.0. The number of nitrogens with one attached hydrogen (secondary N) is 1. The molecular weight excluding hydrogens is 691 g/mol. The van der Waals surface area contributed by atoms with Gasteiger partial charge in [0.1, 0.15) is 11.5 Å². The lowest BCUT2D eigenvalue weighted by molar-refractivity contribution is -0.384. The number of piperidine rings is 1. The van der Waals surface area contributed by atoms with Gasteiger partial charge in [-0.25, -0.2) is 0 Å². The lowest BCUT2D eigenvalue weighted by Crippen LogP contribution is -2.34. The molecule has 0 bridgehead atoms. The van der Waals surface area contributed by atoms with Crippen LogP contribution in [0.5, 0.6) is 0 Å². The molecular formula is C41H41N5O4S2. The van der Waals surface area contributed by atoms with Gasteiger partial charge in [0.25, 0.3) is 15.7 Å². The van der Waals surface area contributed by atoms with E-state index in [1.54, 1.807) is 23.9 Å². The van der Waals surface area contributed by atoms with Gasteiger partial charge in [0.05, 0.1) is 9.82 Å². The van der Waals surface area contributed by atoms with Gasteiger partial charge in [0, 0.05) is 46.6 Å². The summed E-state index contributed by atoms with van der Waals surface area (Å²) in [6.45, 7) is 5.56. The summed E-state index contributed by atoms with van der Waals surface area (Å²) in [4.78, 5) is 14.5. The summed E-state index contributed by atoms with van der Waals surface area (Å²) < 4.78 is 30.4. The van der Waals surface area contributed by atoms with E-state index in [1.165, 1.54) is 34.4 Å². The van der Waals surface area contributed by atoms with Gasteiger partial charge in [0.2, 0.25) is 0 Å². The second-order valence-corrected chi connectivity index (χ2v) is 15.9. The number of thioether (sulfide) groups is 1. The summed E-state index contributed by atoms with van der Waals surface area (Å²) in [6, 6.07) is 39.8. The van der Waals surface area contributed by atoms with Gasteiger partial charge in [-0.3, -0.25) is 10.1 Å². The Morgan fingerprint density at radius 1 is 0.904 bits per heavy atom. The van der Waals surface area contributed by atoms with Crippen molar-refractivity contribution in [3.8, 4) is 11.1 Å². The first kappa shape index (κ1) is 36.4. The Kier molecular flexibility index (Phi) is 11.1. The number of nitro benzene ring substituents is 1. The van der Waals surface area contributed by atoms with Gasteiger partial charge >= 0.3 is 0 Å². The number of nitrogens with two attached hydrogens (primary N) is 1. The van der Waals surface area contributed by atoms with E-state index >= 15 is 0 Å². The van der Waals surface area contributed by atoms with Crippen LogP contribution < -0.4 is 16.0 Å². The topological polar surface area (TPSA) is 131 Å². The monoisotopic (exact) mass is 731 g/mol. The predicted octanol–water partition coefficient (Wildman–Crippen LogP) is 9.02. The number of hydrogen-bond donors (Lipinski definition) is 2. The van der Waals surface area contributed by atoms with E-state index in [2.05, 4.69) is 69.2 Å². The molecule has 0 saturated carbocycles. The third kappa shape index (κ3) is 9.09. The molecule has 52 heavy (non-hydrogen) atoms. The lowest BCUT2D eigenvalue weighted by Gasteiger charge is -2.30. The second kappa shape index (κ2) is 15.9. The fourth-order valence-electron chi connectivity index (χ4n) is 6.11. The molecule has 0 amide bonds. The van der Waals surface area contributed by atoms with Crippen molar-refractivity contribution < 1.29 is 13.3 Å². The minimum Gasteiger partial charge on any atom is -0.383 e. The molecule has 1 fully saturated rings. The Balaban J connectivity index is 1.10. The van der Waals surface area contributed by atoms with Crippen LogP contribution in [-0.2, 0) is 10.0 Å². The smallest absolute Gasteiger partial charge is 0.293 e. The molecule has 11 heteroatoms. The molecule has 0 unspecified atom stereocenters. The first-order valence-electron chi connectivity index (χ1n) is 17.0. The summed E-state index contributed by atoms with van der Waals surface area (Å²) in [5, 5.41) is 15.2. The molecule has 1 heterocycles. The average Bonchev–Trinajstić information content (AvgIpc) is 3.15. The Morgan fingerprint density at radius 3 is 2.21 bits per heavy atom. The number of amidine groups is 1. The largest absolute Gasteiger partial charge is 0.383 e. The second-order valence-electron chi connectivity index (χ2n) is 13.3. The van der Waals surface area contributed by atoms with E-state index in [9.17, 15) is 18.5 Å². The molecule has 3 N–H and O–H groups in total. The molecule has 266 valence electrons. The van der Waals surface area contributed by atoms with Gasteiger partial charge in [-0.2, -0.15) is 8.42 Å². The summed E-state index contributed by atoms with van der Waals surface area (Å²) >= 11 is 1.62. The number of nitrogens with zero attached hydrogens (tertiary/aromatic N) is 3. The van der Waals surface area contributed by atoms with Crippen LogP contribution in [0.1, 0.15) is 37.8 Å². The van der Waals surface area contributed by atoms with E-state index in [0.29, 0.717) is 11.3 Å². The summed E-state index contributed by atoms with van der Waals surface area (Å²) in [7, 11) is -4.34. The maximum absolute atomic E-state index is 13.3. The highest BCUT2D eigenvalue weighted by Crippen LogP contribution is 2.33. The molecule has 1 aliphatic rings. The van der Waals surface area contributed by atoms with Crippen molar-refractivity contribution in [1.82, 2.24) is 0 Å². The highest BCUT2D eigenvalue weighted by atomic mass is 32.2. The van der Waals surface area contributed by atoms with Crippen molar-refractivity contribution in [1.29, 1.82) is 0 Å². The Labute approximate surface area is 309 Å². The van der Waals surface area contributed by atoms with E-state index < -0.39 is 20.5 Å². The van der Waals surface area contributed by atoms with Gasteiger partial charge in [0.15, 0.2) is 0 Å². The molecule has 1 saturated heterocycles. The molecule has 0 aliphatic carbocycles. The fourth-order valence-corrected chi connectivity index (χ4v) is 8.03. The Hall–Kier alpha value is -5.39. The van der Waals surface area contributed by atoms with Crippen LogP contribution in [0.15, 0.2) is 147 Å². The number of nitro groups is 1. The number of benzene rings is 5. The van der Waals surface area contributed by atoms with Crippen molar-refractivity contribution >= 4 is 50.8 Å². The van der Waals surface area contributed by atoms with Crippen LogP contribution in [0.4, 0.5) is 17.1 Å². The molecule has 0 aromatic heterocycles. The summed E-state index contributed by atoms with van der Waals surface area (Å²) in [6.07, 6.45) is 4.17. The minimum absolute atomic E-state index is 0.198. The molecule has 0 spiro atoms. The molecule has 5 aromatic carbocycles. The third-order valence-corrected chi connectivity index (χ3v) is 11.6. The number of hydrogen-bond acceptors (Lipinski definition) is 7. The van der Waals surface area contributed by atoms with Crippen molar-refractivity contribution in [2.75, 3.05) is 29.1 Å². The van der Waals surface area contributed by atoms with Gasteiger partial charge in [-0.15, -0.1) is 16.2 Å². The quantitative estimate of drug-likeness (QED) is 0.0428. The van der Waals surface area contributed by atoms with Crippen molar-refractivity contribution in [3.05, 3.63) is 154 Å². The van der Waals surface area contributed by atoms with E-state index in [4.69, 9.17) is 5.73 Å². The third-order valence-electron chi connectivity index (χ3n) is 8.84. The number of sulfonamides is 1. The maximum Gasteiger partial charge on any atom is 0.293 e. The maximum atomic E-state index is 13.3. The van der Waals surface area contributed by atoms with Crippen molar-refractivity contribution in [2.24, 2.45) is 10.1 Å². The SMILES string of the molecule is CC(C)(CSc1ccccc1)Nc1ccc(S(=O)(=O)/N=C(\N)c2ccc(N3CCC(=Cc4ccccc4-c4ccccc4)CC3)cc2)cc1[N+](=O)[O-]. The molecule has 0 atom stereocenters. The van der Waals surface area contributed by atoms with Crippen LogP contribution >= 0.6 is 11.8 Å². The summed E-state index contributed by atoms with van der Waals surface area (Å²) in [5.74, 6) is 0.421. The lowest BCUT2D eigenvalue weighted by atomic mass is 9.95. The first-order valence-corrected chi connectivity index (χ1v) is 19.4. The molecule has 6 rings (SSSR count). The van der Waals surface area contributed by atoms with Crippen LogP contribution in [-0.4, -0.2) is 43.6 Å². The average molecular weight is 732 g/mol. The van der Waals surface area contributed by atoms with Crippen molar-refractivity contribution in [3.63, 3.8) is 0 Å². The normalized spacial score (nSPS) is 13.8. The van der Waals surface area contributed by atoms with Crippen LogP contribution in [0, 0.1) is 10.1 Å². The number of anilines is 2. The fraction of sp³-hybridized carbons (Fsp3) is 0.195. The molecule has 9 nitrogen and oxygen atoms in total. The Morgan fingerprint density at radius 2 is 1.54 bits per heavy atom. The standard InChI is InChI=1S/C41H41N5O4S2/c1-41(2,29-51-35-14-7-4-8-15-35)43-38-22-21-36(28-39(38)46(47)48)52(49,50)44-40(42)32-17-19-34(20-18-32)45-25-23-30(24-26-45)27-33-13-9-10-16-37(33)31-11-5-3-6-12-31/h3-22,27-28,43H,23-26,29H2,1-2H3,(H2,42,44). The van der Waals surface area contributed by atoms with Gasteiger partial charge in [-0.05, 0) is 91.9 Å². The highest BCUT2D eigenvalue weighted by molar-refractivity contribution is 7.99. The number of rotatable bonds is 12. The van der Waals surface area contributed by atoms with Crippen LogP contribution in [0.3, 0.4) is 0 Å². The van der Waals surface area contributed by atoms with E-state index in [0.717, 1.165) is 42.6 Å². The predicted molar refractivity (Wildman–Crippen MR) is 214 cm³/mol. The van der Waals surface area contributed by atoms with Crippen molar-refractivity contribution in [2.45, 2.75) is 42.0 Å². The zero-order valence-corrected chi connectivity index (χ0v) is 30.7. The molecule has 1 aliphatic heterocycles.